The quantitative estimate of drug-likeness (QED) is 0.0397. The van der Waals surface area contributed by atoms with Crippen LogP contribution in [0.15, 0.2) is 0 Å². The molecule has 0 heterocycles. The lowest BCUT2D eigenvalue weighted by atomic mass is 10.8. The van der Waals surface area contributed by atoms with Crippen molar-refractivity contribution in [2.24, 2.45) is 0 Å². The molecule has 0 fully saturated rings. The maximum atomic E-state index is 11.6. The minimum Gasteiger partial charge on any atom is -0.454 e. The molecule has 0 radical (unpaired) electrons. The Bertz CT molecular complexity index is 499. The Balaban J connectivity index is 3.21. The van der Waals surface area contributed by atoms with Crippen molar-refractivity contribution in [1.29, 1.82) is 0 Å². The van der Waals surface area contributed by atoms with E-state index >= 15 is 0 Å². The average Bonchev–Trinajstić information content (AvgIpc) is 2.87. The van der Waals surface area contributed by atoms with Crippen molar-refractivity contribution in [3.63, 3.8) is 0 Å². The third-order valence-corrected chi connectivity index (χ3v) is 10.1. The highest BCUT2D eigenvalue weighted by Crippen LogP contribution is 2.12. The first-order valence-corrected chi connectivity index (χ1v) is 19.6. The lowest BCUT2D eigenvalue weighted by molar-refractivity contribution is -0.274. The fourth-order valence-corrected chi connectivity index (χ4v) is 6.67. The van der Waals surface area contributed by atoms with E-state index in [1.54, 1.807) is 11.8 Å². The topological polar surface area (TPSA) is 130 Å². The Hall–Kier alpha value is 1.50. The molecule has 0 rings (SSSR count). The van der Waals surface area contributed by atoms with E-state index in [-0.39, 0.29) is 35.3 Å². The summed E-state index contributed by atoms with van der Waals surface area (Å²) in [5.74, 6) is 4.52. The highest BCUT2D eigenvalue weighted by molar-refractivity contribution is 8.16. The van der Waals surface area contributed by atoms with Gasteiger partial charge in [0.15, 0.2) is 0 Å². The van der Waals surface area contributed by atoms with Gasteiger partial charge in [-0.3, -0.25) is 9.59 Å². The third-order valence-electron chi connectivity index (χ3n) is 2.99. The second-order valence-corrected chi connectivity index (χ2v) is 14.4. The standard InChI is InChI=1S/C18H34O10S8/c19-9-33-15-35-12-24-18(22)8-30-3-1-25-27-13-32-6-5-31-11-23-17(21)7-29-4-2-26-28-14-36-16-34-10-20/h19-20H,1-16H2. The zero-order chi connectivity index (χ0) is 26.4. The normalized spacial score (nSPS) is 11.1. The van der Waals surface area contributed by atoms with Gasteiger partial charge in [0.2, 0.25) is 0 Å². The molecule has 0 bridgehead atoms. The molecule has 0 atom stereocenters. The summed E-state index contributed by atoms with van der Waals surface area (Å²) in [4.78, 5) is 43.2. The van der Waals surface area contributed by atoms with Gasteiger partial charge in [-0.25, -0.2) is 19.6 Å². The van der Waals surface area contributed by atoms with Gasteiger partial charge in [-0.2, -0.15) is 0 Å². The third kappa shape index (κ3) is 31.7. The van der Waals surface area contributed by atoms with Crippen molar-refractivity contribution in [3.05, 3.63) is 0 Å². The van der Waals surface area contributed by atoms with Crippen LogP contribution in [-0.2, 0) is 38.6 Å². The van der Waals surface area contributed by atoms with Gasteiger partial charge in [-0.05, 0) is 0 Å². The van der Waals surface area contributed by atoms with Crippen molar-refractivity contribution >= 4 is 106 Å². The number of hydrogen-bond donors (Lipinski definition) is 2. The van der Waals surface area contributed by atoms with Crippen LogP contribution in [0.3, 0.4) is 0 Å². The van der Waals surface area contributed by atoms with Crippen molar-refractivity contribution in [3.8, 4) is 0 Å². The van der Waals surface area contributed by atoms with Crippen LogP contribution < -0.4 is 0 Å². The molecule has 0 aromatic rings. The summed E-state index contributed by atoms with van der Waals surface area (Å²) < 4.78 is 10.2. The van der Waals surface area contributed by atoms with Crippen LogP contribution >= 0.6 is 94.1 Å². The number of aliphatic hydroxyl groups excluding tert-OH is 2. The summed E-state index contributed by atoms with van der Waals surface area (Å²) >= 11 is 11.7. The number of carbonyl (C=O) groups excluding carboxylic acids is 2. The molecule has 10 nitrogen and oxygen atoms in total. The van der Waals surface area contributed by atoms with Gasteiger partial charge in [-0.1, -0.05) is 0 Å². The Labute approximate surface area is 246 Å². The molecule has 0 aromatic heterocycles. The fraction of sp³-hybridized carbons (Fsp3) is 0.889. The molecule has 0 aliphatic rings. The molecule has 0 aromatic carbocycles. The molecule has 0 unspecified atom stereocenters. The number of hydrogen-bond acceptors (Lipinski definition) is 18. The number of esters is 2. The Morgan fingerprint density at radius 1 is 0.500 bits per heavy atom. The van der Waals surface area contributed by atoms with E-state index < -0.39 is 0 Å². The van der Waals surface area contributed by atoms with Crippen LogP contribution in [0.4, 0.5) is 0 Å². The molecule has 36 heavy (non-hydrogen) atoms. The first-order valence-electron chi connectivity index (χ1n) is 10.3. The first-order chi connectivity index (χ1) is 17.7. The van der Waals surface area contributed by atoms with E-state index in [4.69, 9.17) is 39.2 Å². The molecule has 0 aliphatic carbocycles. The first kappa shape index (κ1) is 37.5. The van der Waals surface area contributed by atoms with Crippen molar-refractivity contribution in [1.82, 2.24) is 0 Å². The van der Waals surface area contributed by atoms with E-state index in [1.165, 1.54) is 82.3 Å². The molecule has 2 N–H and O–H groups in total. The Morgan fingerprint density at radius 2 is 0.944 bits per heavy atom. The molecule has 0 amide bonds. The number of thioether (sulfide) groups is 8. The van der Waals surface area contributed by atoms with E-state index in [0.717, 1.165) is 16.6 Å². The summed E-state index contributed by atoms with van der Waals surface area (Å²) in [6.45, 7) is 0.773. The van der Waals surface area contributed by atoms with Crippen LogP contribution in [0.25, 0.3) is 0 Å². The largest absolute Gasteiger partial charge is 0.454 e. The van der Waals surface area contributed by atoms with Gasteiger partial charge in [0.05, 0.1) is 36.6 Å². The van der Waals surface area contributed by atoms with Gasteiger partial charge in [0, 0.05) is 33.2 Å². The van der Waals surface area contributed by atoms with Crippen molar-refractivity contribution in [2.75, 3.05) is 93.5 Å². The number of carbonyl (C=O) groups is 2. The van der Waals surface area contributed by atoms with Crippen LogP contribution in [0.5, 0.6) is 0 Å². The SMILES string of the molecule is O=C(CSCCOOCSCSCO)OCSCCSCOOCCSCC(=O)OCSCSCO. The van der Waals surface area contributed by atoms with Crippen molar-refractivity contribution in [2.45, 2.75) is 0 Å². The molecular weight excluding hydrogens is 633 g/mol. The second-order valence-electron chi connectivity index (χ2n) is 5.62. The van der Waals surface area contributed by atoms with E-state index in [9.17, 15) is 9.59 Å². The highest BCUT2D eigenvalue weighted by atomic mass is 32.2. The van der Waals surface area contributed by atoms with Gasteiger partial charge in [0.1, 0.15) is 23.8 Å². The zero-order valence-electron chi connectivity index (χ0n) is 19.7. The van der Waals surface area contributed by atoms with Gasteiger partial charge in [0.25, 0.3) is 0 Å². The van der Waals surface area contributed by atoms with E-state index in [2.05, 4.69) is 0 Å². The monoisotopic (exact) mass is 666 g/mol. The molecule has 0 spiro atoms. The van der Waals surface area contributed by atoms with Crippen LogP contribution in [0.1, 0.15) is 0 Å². The average molecular weight is 667 g/mol. The molecule has 18 heteroatoms. The minimum absolute atomic E-state index is 0.0656. The van der Waals surface area contributed by atoms with Crippen molar-refractivity contribution < 1.29 is 48.8 Å². The van der Waals surface area contributed by atoms with Gasteiger partial charge in [-0.15, -0.1) is 94.1 Å². The number of aliphatic hydroxyl groups is 2. The van der Waals surface area contributed by atoms with Gasteiger partial charge < -0.3 is 19.7 Å². The Kier molecular flexibility index (Phi) is 34.1. The summed E-state index contributed by atoms with van der Waals surface area (Å²) in [5, 5.41) is 18.7. The van der Waals surface area contributed by atoms with E-state index in [0.29, 0.717) is 53.6 Å². The maximum absolute atomic E-state index is 11.6. The van der Waals surface area contributed by atoms with Gasteiger partial charge >= 0.3 is 11.9 Å². The highest BCUT2D eigenvalue weighted by Gasteiger charge is 2.04. The van der Waals surface area contributed by atoms with E-state index in [1.807, 2.05) is 0 Å². The predicted molar refractivity (Wildman–Crippen MR) is 160 cm³/mol. The summed E-state index contributed by atoms with van der Waals surface area (Å²) in [5.41, 5.74) is 0. The number of ether oxygens (including phenoxy) is 2. The second kappa shape index (κ2) is 32.7. The zero-order valence-corrected chi connectivity index (χ0v) is 26.3. The molecule has 0 saturated carbocycles. The molecule has 0 saturated heterocycles. The fourth-order valence-electron chi connectivity index (χ4n) is 1.55. The summed E-state index contributed by atoms with van der Waals surface area (Å²) in [6, 6.07) is 0. The lowest BCUT2D eigenvalue weighted by Gasteiger charge is -2.06. The van der Waals surface area contributed by atoms with Crippen LogP contribution in [0.2, 0.25) is 0 Å². The smallest absolute Gasteiger partial charge is 0.316 e. The Morgan fingerprint density at radius 3 is 1.47 bits per heavy atom. The minimum atomic E-state index is -0.267. The summed E-state index contributed by atoms with van der Waals surface area (Å²) in [6.07, 6.45) is 0. The molecular formula is C18H34O10S8. The number of rotatable bonds is 29. The van der Waals surface area contributed by atoms with Crippen LogP contribution in [0, 0.1) is 0 Å². The maximum Gasteiger partial charge on any atom is 0.316 e. The summed E-state index contributed by atoms with van der Waals surface area (Å²) in [7, 11) is 0. The predicted octanol–water partition coefficient (Wildman–Crippen LogP) is 3.48. The molecule has 0 aliphatic heterocycles. The molecule has 214 valence electrons. The lowest BCUT2D eigenvalue weighted by Crippen LogP contribution is -2.09. The van der Waals surface area contributed by atoms with Crippen LogP contribution in [-0.4, -0.2) is 116 Å².